The Morgan fingerprint density at radius 1 is 0.640 bits per heavy atom. The van der Waals surface area contributed by atoms with Gasteiger partial charge in [-0.3, -0.25) is 9.11 Å². The second kappa shape index (κ2) is 7.19. The Labute approximate surface area is 145 Å². The van der Waals surface area contributed by atoms with Crippen LogP contribution < -0.4 is 5.73 Å². The molecule has 0 aliphatic rings. The smallest absolute Gasteiger partial charge is 0.294 e. The molecule has 0 atom stereocenters. The van der Waals surface area contributed by atoms with Crippen LogP contribution in [0.4, 0.5) is 5.69 Å². The molecule has 0 saturated carbocycles. The Bertz CT molecular complexity index is 1030. The van der Waals surface area contributed by atoms with Gasteiger partial charge in [0.05, 0.1) is 9.79 Å². The third kappa shape index (κ3) is 5.26. The summed E-state index contributed by atoms with van der Waals surface area (Å²) in [6.07, 6.45) is 0. The van der Waals surface area contributed by atoms with E-state index in [4.69, 9.17) is 14.8 Å². The van der Waals surface area contributed by atoms with Crippen molar-refractivity contribution < 1.29 is 25.9 Å². The number of para-hydroxylation sites is 1. The summed E-state index contributed by atoms with van der Waals surface area (Å²) in [4.78, 5) is -0.690. The van der Waals surface area contributed by atoms with Gasteiger partial charge < -0.3 is 5.73 Å². The largest absolute Gasteiger partial charge is 0.399 e. The molecule has 0 amide bonds. The zero-order valence-electron chi connectivity index (χ0n) is 12.8. The van der Waals surface area contributed by atoms with Gasteiger partial charge in [-0.15, -0.1) is 0 Å². The summed E-state index contributed by atoms with van der Waals surface area (Å²) in [6.45, 7) is 0. The second-order valence-electron chi connectivity index (χ2n) is 5.03. The molecule has 132 valence electrons. The van der Waals surface area contributed by atoms with Crippen molar-refractivity contribution >= 4 is 36.7 Å². The fourth-order valence-corrected chi connectivity index (χ4v) is 3.01. The van der Waals surface area contributed by atoms with E-state index in [1.165, 1.54) is 24.3 Å². The highest BCUT2D eigenvalue weighted by Gasteiger charge is 2.13. The molecule has 0 saturated heterocycles. The van der Waals surface area contributed by atoms with Crippen LogP contribution in [0.5, 0.6) is 0 Å². The average Bonchev–Trinajstić information content (AvgIpc) is 2.53. The van der Waals surface area contributed by atoms with Gasteiger partial charge in [-0.05, 0) is 47.2 Å². The molecule has 0 aromatic heterocycles. The van der Waals surface area contributed by atoms with Gasteiger partial charge in [0.1, 0.15) is 0 Å². The molecule has 0 aliphatic heterocycles. The normalized spacial score (nSPS) is 11.6. The number of nitrogens with two attached hydrogens (primary N) is 1. The molecule has 4 N–H and O–H groups in total. The van der Waals surface area contributed by atoms with Crippen molar-refractivity contribution in [2.24, 2.45) is 0 Å². The maximum atomic E-state index is 10.9. The lowest BCUT2D eigenvalue weighted by Crippen LogP contribution is -1.99. The van der Waals surface area contributed by atoms with Gasteiger partial charge in [0.15, 0.2) is 0 Å². The van der Waals surface area contributed by atoms with E-state index in [2.05, 4.69) is 0 Å². The molecule has 0 bridgehead atoms. The van der Waals surface area contributed by atoms with Gasteiger partial charge in [0, 0.05) is 5.69 Å². The lowest BCUT2D eigenvalue weighted by molar-refractivity contribution is 0.481. The Morgan fingerprint density at radius 3 is 1.40 bits per heavy atom. The maximum absolute atomic E-state index is 10.9. The van der Waals surface area contributed by atoms with Crippen LogP contribution in [0.25, 0.3) is 10.8 Å². The van der Waals surface area contributed by atoms with Gasteiger partial charge in [-0.2, -0.15) is 16.8 Å². The summed E-state index contributed by atoms with van der Waals surface area (Å²) in [6, 6.07) is 17.0. The number of rotatable bonds is 2. The number of anilines is 1. The first-order chi connectivity index (χ1) is 11.6. The van der Waals surface area contributed by atoms with Crippen LogP contribution in [-0.4, -0.2) is 25.9 Å². The van der Waals surface area contributed by atoms with Crippen LogP contribution in [0.3, 0.4) is 0 Å². The molecule has 25 heavy (non-hydrogen) atoms. The predicted molar refractivity (Wildman–Crippen MR) is 94.4 cm³/mol. The highest BCUT2D eigenvalue weighted by Crippen LogP contribution is 2.22. The fraction of sp³-hybridized carbons (Fsp3) is 0. The highest BCUT2D eigenvalue weighted by atomic mass is 32.2. The van der Waals surface area contributed by atoms with E-state index in [1.54, 1.807) is 0 Å². The Kier molecular flexibility index (Phi) is 5.43. The average molecular weight is 381 g/mol. The quantitative estimate of drug-likeness (QED) is 0.458. The first-order valence-electron chi connectivity index (χ1n) is 6.87. The Balaban J connectivity index is 0.000000269. The minimum absolute atomic E-state index is 0.278. The van der Waals surface area contributed by atoms with Crippen LogP contribution in [0.15, 0.2) is 76.5 Å². The van der Waals surface area contributed by atoms with Crippen LogP contribution in [0.1, 0.15) is 0 Å². The summed E-state index contributed by atoms with van der Waals surface area (Å²) < 4.78 is 61.5. The molecule has 0 spiro atoms. The second-order valence-corrected chi connectivity index (χ2v) is 7.87. The van der Waals surface area contributed by atoms with Crippen LogP contribution in [-0.2, 0) is 20.2 Å². The van der Waals surface area contributed by atoms with E-state index in [0.29, 0.717) is 5.39 Å². The van der Waals surface area contributed by atoms with E-state index in [-0.39, 0.29) is 15.2 Å². The van der Waals surface area contributed by atoms with Crippen LogP contribution in [0, 0.1) is 0 Å². The zero-order chi connectivity index (χ0) is 18.7. The van der Waals surface area contributed by atoms with Crippen LogP contribution in [0.2, 0.25) is 0 Å². The number of benzene rings is 3. The number of hydrogen-bond acceptors (Lipinski definition) is 5. The molecule has 3 rings (SSSR count). The van der Waals surface area contributed by atoms with Gasteiger partial charge >= 0.3 is 0 Å². The topological polar surface area (TPSA) is 135 Å². The highest BCUT2D eigenvalue weighted by molar-refractivity contribution is 7.86. The summed E-state index contributed by atoms with van der Waals surface area (Å²) in [5.74, 6) is 0. The van der Waals surface area contributed by atoms with E-state index in [9.17, 15) is 16.8 Å². The van der Waals surface area contributed by atoms with Gasteiger partial charge in [-0.25, -0.2) is 0 Å². The molecule has 0 unspecified atom stereocenters. The third-order valence-electron chi connectivity index (χ3n) is 3.18. The fourth-order valence-electron chi connectivity index (χ4n) is 1.98. The summed E-state index contributed by atoms with van der Waals surface area (Å²) >= 11 is 0. The van der Waals surface area contributed by atoms with Crippen molar-refractivity contribution in [2.45, 2.75) is 9.79 Å². The molecule has 0 radical (unpaired) electrons. The van der Waals surface area contributed by atoms with Crippen molar-refractivity contribution in [3.63, 3.8) is 0 Å². The number of fused-ring (bicyclic) bond motifs is 1. The summed E-state index contributed by atoms with van der Waals surface area (Å²) in [5, 5.41) is 0.857. The van der Waals surface area contributed by atoms with Crippen molar-refractivity contribution in [1.82, 2.24) is 0 Å². The molecular weight excluding hydrogens is 366 g/mol. The minimum atomic E-state index is -4.35. The number of hydrogen-bond donors (Lipinski definition) is 3. The Morgan fingerprint density at radius 2 is 1.08 bits per heavy atom. The predicted octanol–water partition coefficient (Wildman–Crippen LogP) is 2.60. The number of nitrogen functional groups attached to an aromatic ring is 1. The zero-order valence-corrected chi connectivity index (χ0v) is 14.4. The standard InChI is InChI=1S/C10H8O6S2.C6H7N/c11-17(12,13)9-3-1-7-2-4-10(18(14,15)16)6-8(7)5-9;7-6-4-2-1-3-5-6/h1-6H,(H,11,12,13)(H,14,15,16);1-5H,7H2. The molecule has 0 fully saturated rings. The first-order valence-corrected chi connectivity index (χ1v) is 9.75. The third-order valence-corrected chi connectivity index (χ3v) is 4.88. The van der Waals surface area contributed by atoms with E-state index in [0.717, 1.165) is 17.8 Å². The van der Waals surface area contributed by atoms with Crippen molar-refractivity contribution in [3.05, 3.63) is 66.7 Å². The molecule has 3 aromatic rings. The van der Waals surface area contributed by atoms with Gasteiger partial charge in [-0.1, -0.05) is 30.3 Å². The maximum Gasteiger partial charge on any atom is 0.294 e. The molecule has 3 aromatic carbocycles. The summed E-state index contributed by atoms with van der Waals surface area (Å²) in [5.41, 5.74) is 6.18. The Hall–Kier alpha value is -2.46. The van der Waals surface area contributed by atoms with Gasteiger partial charge in [0.2, 0.25) is 0 Å². The molecule has 7 nitrogen and oxygen atoms in total. The van der Waals surface area contributed by atoms with Crippen molar-refractivity contribution in [1.29, 1.82) is 0 Å². The molecule has 9 heteroatoms. The van der Waals surface area contributed by atoms with Crippen molar-refractivity contribution in [2.75, 3.05) is 5.73 Å². The lowest BCUT2D eigenvalue weighted by Gasteiger charge is -2.03. The SMILES string of the molecule is Nc1ccccc1.O=S(=O)(O)c1ccc2ccc(S(=O)(=O)O)cc2c1. The molecule has 0 aliphatic carbocycles. The summed E-state index contributed by atoms with van der Waals surface area (Å²) in [7, 11) is -8.71. The first kappa shape index (κ1) is 18.9. The van der Waals surface area contributed by atoms with E-state index >= 15 is 0 Å². The van der Waals surface area contributed by atoms with Crippen LogP contribution >= 0.6 is 0 Å². The van der Waals surface area contributed by atoms with Gasteiger partial charge in [0.25, 0.3) is 20.2 Å². The van der Waals surface area contributed by atoms with E-state index < -0.39 is 20.2 Å². The van der Waals surface area contributed by atoms with E-state index in [1.807, 2.05) is 30.3 Å². The molecule has 0 heterocycles. The molecular formula is C16H15NO6S2. The lowest BCUT2D eigenvalue weighted by atomic mass is 10.1. The monoisotopic (exact) mass is 381 g/mol. The van der Waals surface area contributed by atoms with Crippen molar-refractivity contribution in [3.8, 4) is 0 Å². The minimum Gasteiger partial charge on any atom is -0.399 e.